The van der Waals surface area contributed by atoms with E-state index in [4.69, 9.17) is 10.4 Å². The molecular formula is C13H14N2O3. The maximum atomic E-state index is 12.1. The first-order chi connectivity index (χ1) is 8.32. The van der Waals surface area contributed by atoms with Gasteiger partial charge in [-0.2, -0.15) is 5.26 Å². The standard InChI is InChI=1S/C13H14N2O3/c1-13(2,12(17)18)11(16)15(3)10-7-5-4-6-9(10)8-14/h4-7H,1-3H3,(H,17,18). The van der Waals surface area contributed by atoms with E-state index in [9.17, 15) is 9.59 Å². The number of nitriles is 1. The molecule has 0 atom stereocenters. The number of hydrogen-bond donors (Lipinski definition) is 1. The number of carbonyl (C=O) groups excluding carboxylic acids is 1. The Morgan fingerprint density at radius 2 is 1.89 bits per heavy atom. The number of aliphatic carboxylic acids is 1. The van der Waals surface area contributed by atoms with E-state index in [1.165, 1.54) is 25.8 Å². The van der Waals surface area contributed by atoms with Crippen LogP contribution in [-0.2, 0) is 9.59 Å². The van der Waals surface area contributed by atoms with E-state index in [0.717, 1.165) is 0 Å². The van der Waals surface area contributed by atoms with Crippen molar-refractivity contribution in [3.05, 3.63) is 29.8 Å². The number of carbonyl (C=O) groups is 2. The van der Waals surface area contributed by atoms with Crippen LogP contribution in [0.1, 0.15) is 19.4 Å². The minimum Gasteiger partial charge on any atom is -0.480 e. The summed E-state index contributed by atoms with van der Waals surface area (Å²) in [5.74, 6) is -1.77. The van der Waals surface area contributed by atoms with Crippen molar-refractivity contribution in [2.24, 2.45) is 5.41 Å². The van der Waals surface area contributed by atoms with Crippen LogP contribution in [0.5, 0.6) is 0 Å². The first-order valence-corrected chi connectivity index (χ1v) is 5.33. The fourth-order valence-corrected chi connectivity index (χ4v) is 1.48. The molecule has 0 aliphatic rings. The van der Waals surface area contributed by atoms with Gasteiger partial charge >= 0.3 is 5.97 Å². The predicted molar refractivity (Wildman–Crippen MR) is 66.0 cm³/mol. The van der Waals surface area contributed by atoms with Crippen molar-refractivity contribution in [3.63, 3.8) is 0 Å². The van der Waals surface area contributed by atoms with Crippen LogP contribution in [-0.4, -0.2) is 24.0 Å². The molecule has 0 aromatic heterocycles. The number of para-hydroxylation sites is 1. The van der Waals surface area contributed by atoms with Crippen molar-refractivity contribution in [1.82, 2.24) is 0 Å². The van der Waals surface area contributed by atoms with Crippen molar-refractivity contribution in [2.75, 3.05) is 11.9 Å². The van der Waals surface area contributed by atoms with Crippen LogP contribution in [0.2, 0.25) is 0 Å². The fourth-order valence-electron chi connectivity index (χ4n) is 1.48. The quantitative estimate of drug-likeness (QED) is 0.822. The molecule has 1 aromatic carbocycles. The summed E-state index contributed by atoms with van der Waals surface area (Å²) >= 11 is 0. The number of hydrogen-bond acceptors (Lipinski definition) is 3. The third-order valence-corrected chi connectivity index (χ3v) is 2.76. The van der Waals surface area contributed by atoms with Gasteiger partial charge in [0.1, 0.15) is 11.5 Å². The molecule has 1 N–H and O–H groups in total. The molecule has 94 valence electrons. The lowest BCUT2D eigenvalue weighted by Crippen LogP contribution is -2.43. The summed E-state index contributed by atoms with van der Waals surface area (Å²) in [6, 6.07) is 8.52. The summed E-state index contributed by atoms with van der Waals surface area (Å²) < 4.78 is 0. The van der Waals surface area contributed by atoms with Gasteiger partial charge < -0.3 is 10.0 Å². The first kappa shape index (κ1) is 13.7. The molecule has 0 aliphatic heterocycles. The average Bonchev–Trinajstić information content (AvgIpc) is 2.36. The van der Waals surface area contributed by atoms with E-state index >= 15 is 0 Å². The fraction of sp³-hybridized carbons (Fsp3) is 0.308. The van der Waals surface area contributed by atoms with Crippen molar-refractivity contribution < 1.29 is 14.7 Å². The van der Waals surface area contributed by atoms with Crippen LogP contribution >= 0.6 is 0 Å². The van der Waals surface area contributed by atoms with Gasteiger partial charge in [0.25, 0.3) is 0 Å². The third-order valence-electron chi connectivity index (χ3n) is 2.76. The molecule has 5 nitrogen and oxygen atoms in total. The van der Waals surface area contributed by atoms with Crippen molar-refractivity contribution in [1.29, 1.82) is 5.26 Å². The molecule has 0 spiro atoms. The van der Waals surface area contributed by atoms with Gasteiger partial charge in [0.05, 0.1) is 11.3 Å². The topological polar surface area (TPSA) is 81.4 Å². The number of carboxylic acid groups (broad SMARTS) is 1. The maximum Gasteiger partial charge on any atom is 0.318 e. The molecule has 0 heterocycles. The highest BCUT2D eigenvalue weighted by atomic mass is 16.4. The van der Waals surface area contributed by atoms with Crippen molar-refractivity contribution in [2.45, 2.75) is 13.8 Å². The Hall–Kier alpha value is -2.35. The minimum atomic E-state index is -1.53. The normalized spacial score (nSPS) is 10.6. The second-order valence-electron chi connectivity index (χ2n) is 4.42. The summed E-state index contributed by atoms with van der Waals surface area (Å²) in [4.78, 5) is 24.4. The lowest BCUT2D eigenvalue weighted by Gasteiger charge is -2.26. The summed E-state index contributed by atoms with van der Waals surface area (Å²) in [5, 5.41) is 18.0. The minimum absolute atomic E-state index is 0.328. The summed E-state index contributed by atoms with van der Waals surface area (Å²) in [5.41, 5.74) is -0.800. The van der Waals surface area contributed by atoms with Crippen LogP contribution < -0.4 is 4.90 Å². The van der Waals surface area contributed by atoms with Crippen LogP contribution in [0.25, 0.3) is 0 Å². The number of rotatable bonds is 3. The summed E-state index contributed by atoms with van der Waals surface area (Å²) in [6.07, 6.45) is 0. The molecule has 0 unspecified atom stereocenters. The van der Waals surface area contributed by atoms with Gasteiger partial charge in [-0.25, -0.2) is 0 Å². The summed E-state index contributed by atoms with van der Waals surface area (Å²) in [6.45, 7) is 2.67. The SMILES string of the molecule is CN(C(=O)C(C)(C)C(=O)O)c1ccccc1C#N. The molecule has 1 amide bonds. The number of nitrogens with zero attached hydrogens (tertiary/aromatic N) is 2. The maximum absolute atomic E-state index is 12.1. The third kappa shape index (κ3) is 2.33. The Morgan fingerprint density at radius 3 is 2.39 bits per heavy atom. The number of amides is 1. The molecule has 0 bridgehead atoms. The van der Waals surface area contributed by atoms with Crippen LogP contribution in [0, 0.1) is 16.7 Å². The molecule has 0 saturated carbocycles. The monoisotopic (exact) mass is 246 g/mol. The predicted octanol–water partition coefficient (Wildman–Crippen LogP) is 1.63. The van der Waals surface area contributed by atoms with Crippen LogP contribution in [0.15, 0.2) is 24.3 Å². The highest BCUT2D eigenvalue weighted by Gasteiger charge is 2.38. The molecule has 0 radical (unpaired) electrons. The largest absolute Gasteiger partial charge is 0.480 e. The number of carboxylic acids is 1. The van der Waals surface area contributed by atoms with Crippen LogP contribution in [0.4, 0.5) is 5.69 Å². The highest BCUT2D eigenvalue weighted by molar-refractivity contribution is 6.09. The zero-order chi connectivity index (χ0) is 13.9. The van der Waals surface area contributed by atoms with Gasteiger partial charge in [-0.1, -0.05) is 12.1 Å². The molecule has 1 aromatic rings. The van der Waals surface area contributed by atoms with Crippen LogP contribution in [0.3, 0.4) is 0 Å². The van der Waals surface area contributed by atoms with Gasteiger partial charge in [0.15, 0.2) is 0 Å². The van der Waals surface area contributed by atoms with E-state index in [-0.39, 0.29) is 0 Å². The summed E-state index contributed by atoms with van der Waals surface area (Å²) in [7, 11) is 1.46. The Morgan fingerprint density at radius 1 is 1.33 bits per heavy atom. The number of benzene rings is 1. The van der Waals surface area contributed by atoms with E-state index in [1.807, 2.05) is 6.07 Å². The molecule has 0 fully saturated rings. The molecular weight excluding hydrogens is 232 g/mol. The van der Waals surface area contributed by atoms with E-state index < -0.39 is 17.3 Å². The molecule has 5 heteroatoms. The average molecular weight is 246 g/mol. The Bertz CT molecular complexity index is 529. The second-order valence-corrected chi connectivity index (χ2v) is 4.42. The Labute approximate surface area is 105 Å². The van der Waals surface area contributed by atoms with E-state index in [1.54, 1.807) is 24.3 Å². The van der Waals surface area contributed by atoms with Gasteiger partial charge in [0, 0.05) is 7.05 Å². The molecule has 1 rings (SSSR count). The lowest BCUT2D eigenvalue weighted by atomic mass is 9.91. The number of anilines is 1. The first-order valence-electron chi connectivity index (χ1n) is 5.33. The zero-order valence-corrected chi connectivity index (χ0v) is 10.5. The lowest BCUT2D eigenvalue weighted by molar-refractivity contribution is -0.152. The molecule has 0 saturated heterocycles. The zero-order valence-electron chi connectivity index (χ0n) is 10.5. The van der Waals surface area contributed by atoms with E-state index in [0.29, 0.717) is 11.3 Å². The van der Waals surface area contributed by atoms with Gasteiger partial charge in [-0.05, 0) is 26.0 Å². The van der Waals surface area contributed by atoms with Gasteiger partial charge in [0.2, 0.25) is 5.91 Å². The Kier molecular flexibility index (Phi) is 3.72. The highest BCUT2D eigenvalue weighted by Crippen LogP contribution is 2.25. The smallest absolute Gasteiger partial charge is 0.318 e. The molecule has 18 heavy (non-hydrogen) atoms. The van der Waals surface area contributed by atoms with E-state index in [2.05, 4.69) is 0 Å². The van der Waals surface area contributed by atoms with Crippen molar-refractivity contribution in [3.8, 4) is 6.07 Å². The van der Waals surface area contributed by atoms with Gasteiger partial charge in [-0.3, -0.25) is 9.59 Å². The van der Waals surface area contributed by atoms with Gasteiger partial charge in [-0.15, -0.1) is 0 Å². The van der Waals surface area contributed by atoms with Crippen molar-refractivity contribution >= 4 is 17.6 Å². The second kappa shape index (κ2) is 4.88. The Balaban J connectivity index is 3.16. The molecule has 0 aliphatic carbocycles.